The van der Waals surface area contributed by atoms with E-state index in [0.717, 1.165) is 27.3 Å². The van der Waals surface area contributed by atoms with Crippen LogP contribution >= 0.6 is 11.6 Å². The van der Waals surface area contributed by atoms with E-state index in [1.54, 1.807) is 24.3 Å². The fourth-order valence-corrected chi connectivity index (χ4v) is 4.29. The van der Waals surface area contributed by atoms with Crippen molar-refractivity contribution in [3.8, 4) is 0 Å². The largest absolute Gasteiger partial charge is 0.344 e. The summed E-state index contributed by atoms with van der Waals surface area (Å²) < 4.78 is 25.8. The van der Waals surface area contributed by atoms with Crippen molar-refractivity contribution in [2.45, 2.75) is 13.0 Å². The molecule has 0 spiro atoms. The Labute approximate surface area is 182 Å². The summed E-state index contributed by atoms with van der Waals surface area (Å²) in [6, 6.07) is 23.5. The van der Waals surface area contributed by atoms with Gasteiger partial charge in [-0.05, 0) is 30.2 Å². The molecule has 1 amide bonds. The predicted molar refractivity (Wildman–Crippen MR) is 121 cm³/mol. The first-order valence-electron chi connectivity index (χ1n) is 9.39. The SMILES string of the molecule is Cc1ccc(C(NC(=O)CN(c2ccccc2Cl)S(C)(=O)=O)c2ccccc2)cc1. The smallest absolute Gasteiger partial charge is 0.241 e. The molecule has 0 aliphatic carbocycles. The number of hydrogen-bond acceptors (Lipinski definition) is 3. The lowest BCUT2D eigenvalue weighted by Crippen LogP contribution is -2.42. The summed E-state index contributed by atoms with van der Waals surface area (Å²) in [5, 5.41) is 3.23. The number of aryl methyl sites for hydroxylation is 1. The summed E-state index contributed by atoms with van der Waals surface area (Å²) in [6.07, 6.45) is 1.05. The number of carbonyl (C=O) groups excluding carboxylic acids is 1. The average molecular weight is 443 g/mol. The van der Waals surface area contributed by atoms with Crippen LogP contribution in [-0.4, -0.2) is 27.1 Å². The van der Waals surface area contributed by atoms with Gasteiger partial charge in [-0.1, -0.05) is 83.9 Å². The topological polar surface area (TPSA) is 66.5 Å². The van der Waals surface area contributed by atoms with Crippen molar-refractivity contribution >= 4 is 33.2 Å². The third-order valence-corrected chi connectivity index (χ3v) is 6.10. The van der Waals surface area contributed by atoms with Crippen LogP contribution in [0.1, 0.15) is 22.7 Å². The van der Waals surface area contributed by atoms with Crippen molar-refractivity contribution in [1.29, 1.82) is 0 Å². The molecule has 5 nitrogen and oxygen atoms in total. The Balaban J connectivity index is 1.89. The predicted octanol–water partition coefficient (Wildman–Crippen LogP) is 4.32. The van der Waals surface area contributed by atoms with Gasteiger partial charge in [-0.25, -0.2) is 8.42 Å². The molecule has 0 radical (unpaired) electrons. The number of carbonyl (C=O) groups is 1. The summed E-state index contributed by atoms with van der Waals surface area (Å²) in [5.41, 5.74) is 3.18. The Bertz CT molecular complexity index is 1120. The Kier molecular flexibility index (Phi) is 6.80. The fourth-order valence-electron chi connectivity index (χ4n) is 3.14. The number of benzene rings is 3. The lowest BCUT2D eigenvalue weighted by molar-refractivity contribution is -0.120. The maximum absolute atomic E-state index is 12.9. The number of amides is 1. The van der Waals surface area contributed by atoms with Crippen LogP contribution in [0.15, 0.2) is 78.9 Å². The quantitative estimate of drug-likeness (QED) is 0.592. The van der Waals surface area contributed by atoms with Gasteiger partial charge in [0.2, 0.25) is 15.9 Å². The molecule has 1 unspecified atom stereocenters. The first kappa shape index (κ1) is 21.9. The molecule has 3 aromatic carbocycles. The highest BCUT2D eigenvalue weighted by Crippen LogP contribution is 2.27. The normalized spacial score (nSPS) is 12.2. The van der Waals surface area contributed by atoms with Gasteiger partial charge in [0.15, 0.2) is 0 Å². The second kappa shape index (κ2) is 9.32. The molecular weight excluding hydrogens is 420 g/mol. The molecule has 3 aromatic rings. The molecule has 0 aliphatic heterocycles. The third kappa shape index (κ3) is 5.40. The minimum atomic E-state index is -3.72. The van der Waals surface area contributed by atoms with Gasteiger partial charge in [-0.3, -0.25) is 9.10 Å². The molecule has 0 aromatic heterocycles. The van der Waals surface area contributed by atoms with E-state index in [4.69, 9.17) is 11.6 Å². The van der Waals surface area contributed by atoms with Crippen molar-refractivity contribution in [3.05, 3.63) is 101 Å². The van der Waals surface area contributed by atoms with E-state index in [1.165, 1.54) is 0 Å². The van der Waals surface area contributed by atoms with Crippen LogP contribution < -0.4 is 9.62 Å². The van der Waals surface area contributed by atoms with Crippen LogP contribution in [0.5, 0.6) is 0 Å². The van der Waals surface area contributed by atoms with Crippen molar-refractivity contribution in [2.75, 3.05) is 17.1 Å². The zero-order valence-corrected chi connectivity index (χ0v) is 18.3. The van der Waals surface area contributed by atoms with Gasteiger partial charge in [-0.15, -0.1) is 0 Å². The van der Waals surface area contributed by atoms with Crippen LogP contribution in [0.2, 0.25) is 5.02 Å². The fraction of sp³-hybridized carbons (Fsp3) is 0.174. The second-order valence-electron chi connectivity index (χ2n) is 7.04. The number of nitrogens with zero attached hydrogens (tertiary/aromatic N) is 1. The molecule has 30 heavy (non-hydrogen) atoms. The first-order valence-corrected chi connectivity index (χ1v) is 11.6. The van der Waals surface area contributed by atoms with Crippen LogP contribution in [0, 0.1) is 6.92 Å². The molecule has 0 saturated heterocycles. The maximum atomic E-state index is 12.9. The van der Waals surface area contributed by atoms with E-state index in [2.05, 4.69) is 5.32 Å². The van der Waals surface area contributed by atoms with Crippen LogP contribution in [-0.2, 0) is 14.8 Å². The lowest BCUT2D eigenvalue weighted by atomic mass is 9.98. The highest BCUT2D eigenvalue weighted by molar-refractivity contribution is 7.92. The van der Waals surface area contributed by atoms with E-state index in [0.29, 0.717) is 0 Å². The Morgan fingerprint density at radius 2 is 1.50 bits per heavy atom. The summed E-state index contributed by atoms with van der Waals surface area (Å²) in [4.78, 5) is 12.9. The van der Waals surface area contributed by atoms with Gasteiger partial charge in [0, 0.05) is 0 Å². The van der Waals surface area contributed by atoms with E-state index >= 15 is 0 Å². The second-order valence-corrected chi connectivity index (χ2v) is 9.36. The van der Waals surface area contributed by atoms with Crippen molar-refractivity contribution in [2.24, 2.45) is 0 Å². The van der Waals surface area contributed by atoms with Gasteiger partial charge in [0.1, 0.15) is 6.54 Å². The highest BCUT2D eigenvalue weighted by Gasteiger charge is 2.25. The molecule has 0 saturated carbocycles. The molecule has 0 bridgehead atoms. The Morgan fingerprint density at radius 1 is 0.933 bits per heavy atom. The number of halogens is 1. The Morgan fingerprint density at radius 3 is 2.10 bits per heavy atom. The Hall–Kier alpha value is -2.83. The number of anilines is 1. The van der Waals surface area contributed by atoms with E-state index < -0.39 is 22.0 Å². The van der Waals surface area contributed by atoms with Gasteiger partial charge in [0.05, 0.1) is 23.0 Å². The first-order chi connectivity index (χ1) is 14.3. The maximum Gasteiger partial charge on any atom is 0.241 e. The molecule has 1 atom stereocenters. The molecule has 156 valence electrons. The monoisotopic (exact) mass is 442 g/mol. The minimum absolute atomic E-state index is 0.258. The molecule has 0 aliphatic rings. The van der Waals surface area contributed by atoms with E-state index in [-0.39, 0.29) is 17.3 Å². The summed E-state index contributed by atoms with van der Waals surface area (Å²) >= 11 is 6.18. The number of sulfonamides is 1. The van der Waals surface area contributed by atoms with Gasteiger partial charge < -0.3 is 5.32 Å². The molecule has 7 heteroatoms. The summed E-state index contributed by atoms with van der Waals surface area (Å²) in [6.45, 7) is 1.62. The third-order valence-electron chi connectivity index (χ3n) is 4.66. The zero-order valence-electron chi connectivity index (χ0n) is 16.7. The molecular formula is C23H23ClN2O3S. The highest BCUT2D eigenvalue weighted by atomic mass is 35.5. The van der Waals surface area contributed by atoms with Crippen molar-refractivity contribution < 1.29 is 13.2 Å². The minimum Gasteiger partial charge on any atom is -0.344 e. The van der Waals surface area contributed by atoms with E-state index in [9.17, 15) is 13.2 Å². The molecule has 0 heterocycles. The van der Waals surface area contributed by atoms with Crippen LogP contribution in [0.3, 0.4) is 0 Å². The molecule has 0 fully saturated rings. The van der Waals surface area contributed by atoms with Gasteiger partial charge in [0.25, 0.3) is 0 Å². The average Bonchev–Trinajstić information content (AvgIpc) is 2.71. The standard InChI is InChI=1S/C23H23ClN2O3S/c1-17-12-14-19(15-13-17)23(18-8-4-3-5-9-18)25-22(27)16-26(30(2,28)29)21-11-7-6-10-20(21)24/h3-15,23H,16H2,1-2H3,(H,25,27). The van der Waals surface area contributed by atoms with Crippen LogP contribution in [0.25, 0.3) is 0 Å². The van der Waals surface area contributed by atoms with Crippen LogP contribution in [0.4, 0.5) is 5.69 Å². The molecule has 1 N–H and O–H groups in total. The van der Waals surface area contributed by atoms with Crippen molar-refractivity contribution in [1.82, 2.24) is 5.32 Å². The lowest BCUT2D eigenvalue weighted by Gasteiger charge is -2.25. The van der Waals surface area contributed by atoms with E-state index in [1.807, 2.05) is 61.5 Å². The summed E-state index contributed by atoms with van der Waals surface area (Å²) in [5.74, 6) is -0.435. The van der Waals surface area contributed by atoms with Gasteiger partial charge in [-0.2, -0.15) is 0 Å². The molecule has 3 rings (SSSR count). The zero-order chi connectivity index (χ0) is 21.7. The van der Waals surface area contributed by atoms with Gasteiger partial charge >= 0.3 is 0 Å². The number of rotatable bonds is 7. The number of hydrogen-bond donors (Lipinski definition) is 1. The summed E-state index contributed by atoms with van der Waals surface area (Å²) in [7, 11) is -3.72. The number of nitrogens with one attached hydrogen (secondary N) is 1. The van der Waals surface area contributed by atoms with Crippen molar-refractivity contribution in [3.63, 3.8) is 0 Å². The number of para-hydroxylation sites is 1.